The number of nitrogens with zero attached hydrogens (tertiary/aromatic N) is 2. The average Bonchev–Trinajstić information content (AvgIpc) is 2.92. The number of amides is 1. The van der Waals surface area contributed by atoms with Crippen LogP contribution in [0.2, 0.25) is 5.02 Å². The highest BCUT2D eigenvalue weighted by atomic mass is 35.5. The number of fused-ring (bicyclic) bond motifs is 1. The van der Waals surface area contributed by atoms with Gasteiger partial charge in [-0.3, -0.25) is 14.2 Å². The van der Waals surface area contributed by atoms with Gasteiger partial charge in [-0.25, -0.2) is 4.98 Å². The van der Waals surface area contributed by atoms with Crippen molar-refractivity contribution in [2.75, 3.05) is 11.1 Å². The van der Waals surface area contributed by atoms with Gasteiger partial charge < -0.3 is 5.32 Å². The first-order valence-corrected chi connectivity index (χ1v) is 9.43. The quantitative estimate of drug-likeness (QED) is 0.824. The highest BCUT2D eigenvalue weighted by molar-refractivity contribution is 7.99. The van der Waals surface area contributed by atoms with Crippen LogP contribution in [0.1, 0.15) is 38.9 Å². The zero-order chi connectivity index (χ0) is 18.2. The van der Waals surface area contributed by atoms with Gasteiger partial charge in [-0.15, -0.1) is 0 Å². The lowest BCUT2D eigenvalue weighted by Crippen LogP contribution is -2.29. The topological polar surface area (TPSA) is 64.0 Å². The van der Waals surface area contributed by atoms with Crippen molar-refractivity contribution in [3.63, 3.8) is 0 Å². The highest BCUT2D eigenvalue weighted by Gasteiger charge is 2.29. The molecule has 5 nitrogen and oxygen atoms in total. The lowest BCUT2D eigenvalue weighted by Gasteiger charge is -2.19. The summed E-state index contributed by atoms with van der Waals surface area (Å²) in [6.07, 6.45) is 0.210. The number of hydrogen-bond donors (Lipinski definition) is 1. The van der Waals surface area contributed by atoms with E-state index in [2.05, 4.69) is 10.3 Å². The number of carbonyl (C=O) groups is 1. The molecule has 7 heteroatoms. The summed E-state index contributed by atoms with van der Waals surface area (Å²) in [6, 6.07) is 8.47. The second-order valence-electron chi connectivity index (χ2n) is 7.08. The Kier molecular flexibility index (Phi) is 4.93. The van der Waals surface area contributed by atoms with Crippen LogP contribution in [0.15, 0.2) is 40.3 Å². The number of nitrogens with one attached hydrogen (secondary N) is 1. The van der Waals surface area contributed by atoms with E-state index in [0.717, 1.165) is 5.69 Å². The molecule has 0 bridgehead atoms. The van der Waals surface area contributed by atoms with Crippen molar-refractivity contribution in [3.05, 3.63) is 51.4 Å². The molecule has 0 fully saturated rings. The second-order valence-corrected chi connectivity index (χ2v) is 8.47. The normalized spacial score (nSPS) is 16.6. The number of para-hydroxylation sites is 1. The minimum Gasteiger partial charge on any atom is -0.325 e. The van der Waals surface area contributed by atoms with Crippen LogP contribution in [-0.2, 0) is 10.2 Å². The summed E-state index contributed by atoms with van der Waals surface area (Å²) >= 11 is 7.58. The molecule has 0 saturated heterocycles. The van der Waals surface area contributed by atoms with Crippen molar-refractivity contribution in [2.24, 2.45) is 0 Å². The molecule has 1 atom stereocenters. The summed E-state index contributed by atoms with van der Waals surface area (Å²) < 4.78 is 1.63. The van der Waals surface area contributed by atoms with E-state index in [1.807, 2.05) is 26.8 Å². The maximum absolute atomic E-state index is 12.5. The maximum atomic E-state index is 12.5. The SMILES string of the molecule is CC(C)(C)c1cc(=O)n2c(n1)SCC2CC(=O)Nc1ccccc1Cl. The van der Waals surface area contributed by atoms with Gasteiger partial charge in [0.05, 0.1) is 22.4 Å². The molecular weight excluding hydrogens is 358 g/mol. The van der Waals surface area contributed by atoms with E-state index in [0.29, 0.717) is 21.6 Å². The number of aromatic nitrogens is 2. The van der Waals surface area contributed by atoms with Gasteiger partial charge >= 0.3 is 0 Å². The molecule has 1 unspecified atom stereocenters. The van der Waals surface area contributed by atoms with Crippen LogP contribution >= 0.6 is 23.4 Å². The predicted octanol–water partition coefficient (Wildman–Crippen LogP) is 3.87. The first kappa shape index (κ1) is 18.0. The third kappa shape index (κ3) is 3.90. The number of thioether (sulfide) groups is 1. The summed E-state index contributed by atoms with van der Waals surface area (Å²) in [6.45, 7) is 6.08. The van der Waals surface area contributed by atoms with Gasteiger partial charge in [-0.05, 0) is 12.1 Å². The van der Waals surface area contributed by atoms with Crippen LogP contribution in [-0.4, -0.2) is 21.2 Å². The molecule has 1 aromatic heterocycles. The van der Waals surface area contributed by atoms with E-state index in [1.54, 1.807) is 28.8 Å². The van der Waals surface area contributed by atoms with E-state index in [-0.39, 0.29) is 29.3 Å². The fourth-order valence-electron chi connectivity index (χ4n) is 2.67. The van der Waals surface area contributed by atoms with Crippen molar-refractivity contribution < 1.29 is 4.79 Å². The molecule has 2 heterocycles. The summed E-state index contributed by atoms with van der Waals surface area (Å²) in [4.78, 5) is 29.5. The first-order chi connectivity index (χ1) is 11.8. The molecular formula is C18H20ClN3O2S. The monoisotopic (exact) mass is 377 g/mol. The predicted molar refractivity (Wildman–Crippen MR) is 102 cm³/mol. The number of rotatable bonds is 3. The molecule has 1 aliphatic heterocycles. The number of anilines is 1. The molecule has 1 amide bonds. The fourth-order valence-corrected chi connectivity index (χ4v) is 4.00. The lowest BCUT2D eigenvalue weighted by molar-refractivity contribution is -0.116. The van der Waals surface area contributed by atoms with Crippen LogP contribution in [0, 0.1) is 0 Å². The fraction of sp³-hybridized carbons (Fsp3) is 0.389. The Bertz CT molecular complexity index is 873. The van der Waals surface area contributed by atoms with Crippen LogP contribution < -0.4 is 10.9 Å². The van der Waals surface area contributed by atoms with Crippen LogP contribution in [0.3, 0.4) is 0 Å². The van der Waals surface area contributed by atoms with Crippen molar-refractivity contribution in [2.45, 2.75) is 43.8 Å². The molecule has 25 heavy (non-hydrogen) atoms. The van der Waals surface area contributed by atoms with Crippen molar-refractivity contribution in [3.8, 4) is 0 Å². The van der Waals surface area contributed by atoms with Crippen LogP contribution in [0.4, 0.5) is 5.69 Å². The van der Waals surface area contributed by atoms with Gasteiger partial charge in [-0.2, -0.15) is 0 Å². The number of hydrogen-bond acceptors (Lipinski definition) is 4. The summed E-state index contributed by atoms with van der Waals surface area (Å²) in [7, 11) is 0. The summed E-state index contributed by atoms with van der Waals surface area (Å²) in [5.74, 6) is 0.490. The van der Waals surface area contributed by atoms with E-state index in [1.165, 1.54) is 11.8 Å². The largest absolute Gasteiger partial charge is 0.325 e. The number of halogens is 1. The molecule has 2 aromatic rings. The standard InChI is InChI=1S/C18H20ClN3O2S/c1-18(2,3)14-9-16(24)22-11(10-25-17(22)21-14)8-15(23)20-13-7-5-4-6-12(13)19/h4-7,9,11H,8,10H2,1-3H3,(H,20,23). The molecule has 0 aliphatic carbocycles. The van der Waals surface area contributed by atoms with Gasteiger partial charge in [0.15, 0.2) is 5.16 Å². The third-order valence-electron chi connectivity index (χ3n) is 4.03. The van der Waals surface area contributed by atoms with Gasteiger partial charge in [0.2, 0.25) is 5.91 Å². The Morgan fingerprint density at radius 1 is 1.40 bits per heavy atom. The number of benzene rings is 1. The van der Waals surface area contributed by atoms with E-state index in [9.17, 15) is 9.59 Å². The molecule has 3 rings (SSSR count). The van der Waals surface area contributed by atoms with Gasteiger partial charge in [0, 0.05) is 23.7 Å². The zero-order valence-electron chi connectivity index (χ0n) is 14.4. The van der Waals surface area contributed by atoms with Crippen LogP contribution in [0.25, 0.3) is 0 Å². The molecule has 132 valence electrons. The minimum atomic E-state index is -0.198. The van der Waals surface area contributed by atoms with Gasteiger partial charge in [0.1, 0.15) is 0 Å². The molecule has 0 saturated carbocycles. The maximum Gasteiger partial charge on any atom is 0.254 e. The number of carbonyl (C=O) groups excluding carboxylic acids is 1. The molecule has 0 radical (unpaired) electrons. The summed E-state index contributed by atoms with van der Waals surface area (Å²) in [5, 5.41) is 3.99. The van der Waals surface area contributed by atoms with E-state index < -0.39 is 0 Å². The Labute approximate surface area is 155 Å². The molecule has 1 N–H and O–H groups in total. The van der Waals surface area contributed by atoms with E-state index in [4.69, 9.17) is 11.6 Å². The summed E-state index contributed by atoms with van der Waals surface area (Å²) in [5.41, 5.74) is 1.07. The molecule has 0 spiro atoms. The minimum absolute atomic E-state index is 0.101. The molecule has 1 aromatic carbocycles. The Hall–Kier alpha value is -1.79. The second kappa shape index (κ2) is 6.84. The lowest BCUT2D eigenvalue weighted by atomic mass is 9.92. The zero-order valence-corrected chi connectivity index (χ0v) is 15.9. The Morgan fingerprint density at radius 3 is 2.80 bits per heavy atom. The Balaban J connectivity index is 1.78. The van der Waals surface area contributed by atoms with Crippen LogP contribution in [0.5, 0.6) is 0 Å². The molecule has 1 aliphatic rings. The first-order valence-electron chi connectivity index (χ1n) is 8.07. The third-order valence-corrected chi connectivity index (χ3v) is 5.45. The van der Waals surface area contributed by atoms with E-state index >= 15 is 0 Å². The highest BCUT2D eigenvalue weighted by Crippen LogP contribution is 2.34. The van der Waals surface area contributed by atoms with Gasteiger partial charge in [0.25, 0.3) is 5.56 Å². The van der Waals surface area contributed by atoms with Gasteiger partial charge in [-0.1, -0.05) is 56.3 Å². The smallest absolute Gasteiger partial charge is 0.254 e. The average molecular weight is 378 g/mol. The van der Waals surface area contributed by atoms with Crippen molar-refractivity contribution >= 4 is 35.0 Å². The van der Waals surface area contributed by atoms with Crippen molar-refractivity contribution in [1.82, 2.24) is 9.55 Å². The Morgan fingerprint density at radius 2 is 2.12 bits per heavy atom. The van der Waals surface area contributed by atoms with Crippen molar-refractivity contribution in [1.29, 1.82) is 0 Å².